The van der Waals surface area contributed by atoms with Crippen LogP contribution in [-0.2, 0) is 9.53 Å². The zero-order chi connectivity index (χ0) is 19.6. The zero-order valence-electron chi connectivity index (χ0n) is 15.4. The van der Waals surface area contributed by atoms with Gasteiger partial charge in [0.2, 0.25) is 0 Å². The lowest BCUT2D eigenvalue weighted by Crippen LogP contribution is -2.42. The van der Waals surface area contributed by atoms with E-state index in [0.29, 0.717) is 16.7 Å². The summed E-state index contributed by atoms with van der Waals surface area (Å²) < 4.78 is 6.91. The van der Waals surface area contributed by atoms with Crippen molar-refractivity contribution in [3.05, 3.63) is 23.5 Å². The summed E-state index contributed by atoms with van der Waals surface area (Å²) in [6.45, 7) is 9.20. The molecule has 0 spiro atoms. The van der Waals surface area contributed by atoms with Gasteiger partial charge < -0.3 is 10.5 Å². The number of nitrogens with one attached hydrogen (secondary N) is 1. The van der Waals surface area contributed by atoms with Crippen LogP contribution in [0.25, 0.3) is 11.0 Å². The highest BCUT2D eigenvalue weighted by molar-refractivity contribution is 6.04. The fraction of sp³-hybridized carbons (Fsp3) is 0.471. The molecule has 0 saturated carbocycles. The molecule has 2 aromatic rings. The van der Waals surface area contributed by atoms with Crippen LogP contribution in [0.3, 0.4) is 0 Å². The van der Waals surface area contributed by atoms with Crippen LogP contribution in [0.1, 0.15) is 62.6 Å². The molecule has 26 heavy (non-hydrogen) atoms. The summed E-state index contributed by atoms with van der Waals surface area (Å²) in [5.41, 5.74) is 6.45. The van der Waals surface area contributed by atoms with E-state index in [0.717, 1.165) is 0 Å². The first-order valence-corrected chi connectivity index (χ1v) is 8.31. The topological polar surface area (TPSA) is 129 Å². The van der Waals surface area contributed by atoms with Gasteiger partial charge >= 0.3 is 12.0 Å². The SMILES string of the molecule is CC(C)c1cc(C(=O)O[C@H](C)C(=O)NC(N)=O)c2cnn(C(C)C)c2n1. The number of carbonyl (C=O) groups is 3. The van der Waals surface area contributed by atoms with Gasteiger partial charge in [-0.1, -0.05) is 13.8 Å². The second-order valence-corrected chi connectivity index (χ2v) is 6.57. The Balaban J connectivity index is 2.42. The van der Waals surface area contributed by atoms with Gasteiger partial charge in [0.25, 0.3) is 5.91 Å². The number of hydrogen-bond acceptors (Lipinski definition) is 6. The second kappa shape index (κ2) is 7.51. The molecular weight excluding hydrogens is 338 g/mol. The smallest absolute Gasteiger partial charge is 0.339 e. The average Bonchev–Trinajstić information content (AvgIpc) is 2.96. The highest BCUT2D eigenvalue weighted by atomic mass is 16.5. The highest BCUT2D eigenvalue weighted by Gasteiger charge is 2.24. The molecule has 2 heterocycles. The third-order valence-electron chi connectivity index (χ3n) is 3.79. The van der Waals surface area contributed by atoms with E-state index in [1.165, 1.54) is 6.92 Å². The first-order valence-electron chi connectivity index (χ1n) is 8.31. The number of primary amides is 1. The van der Waals surface area contributed by atoms with E-state index in [-0.39, 0.29) is 17.5 Å². The Morgan fingerprint density at radius 2 is 1.85 bits per heavy atom. The van der Waals surface area contributed by atoms with Gasteiger partial charge in [0.15, 0.2) is 11.8 Å². The molecule has 140 valence electrons. The van der Waals surface area contributed by atoms with Gasteiger partial charge in [-0.25, -0.2) is 19.3 Å². The number of nitrogens with zero attached hydrogens (tertiary/aromatic N) is 3. The van der Waals surface area contributed by atoms with Crippen molar-refractivity contribution in [2.45, 2.75) is 52.7 Å². The fourth-order valence-electron chi connectivity index (χ4n) is 2.38. The summed E-state index contributed by atoms with van der Waals surface area (Å²) in [6, 6.07) is 0.691. The maximum atomic E-state index is 12.6. The number of esters is 1. The minimum Gasteiger partial charge on any atom is -0.449 e. The molecular formula is C17H23N5O4. The Kier molecular flexibility index (Phi) is 5.59. The second-order valence-electron chi connectivity index (χ2n) is 6.57. The van der Waals surface area contributed by atoms with Gasteiger partial charge in [0.05, 0.1) is 17.1 Å². The maximum Gasteiger partial charge on any atom is 0.339 e. The van der Waals surface area contributed by atoms with Crippen LogP contribution in [0.5, 0.6) is 0 Å². The van der Waals surface area contributed by atoms with Crippen molar-refractivity contribution >= 4 is 28.9 Å². The van der Waals surface area contributed by atoms with E-state index in [1.54, 1.807) is 16.9 Å². The number of carbonyl (C=O) groups excluding carboxylic acids is 3. The fourth-order valence-corrected chi connectivity index (χ4v) is 2.38. The highest BCUT2D eigenvalue weighted by Crippen LogP contribution is 2.25. The summed E-state index contributed by atoms with van der Waals surface area (Å²) >= 11 is 0. The Hall–Kier alpha value is -2.97. The van der Waals surface area contributed by atoms with Crippen LogP contribution in [-0.4, -0.2) is 38.8 Å². The van der Waals surface area contributed by atoms with Crippen molar-refractivity contribution < 1.29 is 19.1 Å². The van der Waals surface area contributed by atoms with Gasteiger partial charge in [-0.05, 0) is 32.8 Å². The Morgan fingerprint density at radius 1 is 1.19 bits per heavy atom. The number of ether oxygens (including phenoxy) is 1. The van der Waals surface area contributed by atoms with E-state index >= 15 is 0 Å². The van der Waals surface area contributed by atoms with Crippen LogP contribution < -0.4 is 11.1 Å². The van der Waals surface area contributed by atoms with Gasteiger partial charge in [-0.2, -0.15) is 5.10 Å². The van der Waals surface area contributed by atoms with Crippen LogP contribution in [0.15, 0.2) is 12.3 Å². The molecule has 0 bridgehead atoms. The van der Waals surface area contributed by atoms with E-state index < -0.39 is 24.0 Å². The number of rotatable bonds is 5. The molecule has 9 heteroatoms. The number of hydrogen-bond donors (Lipinski definition) is 2. The lowest BCUT2D eigenvalue weighted by Gasteiger charge is -2.14. The number of fused-ring (bicyclic) bond motifs is 1. The van der Waals surface area contributed by atoms with Crippen molar-refractivity contribution in [1.29, 1.82) is 0 Å². The van der Waals surface area contributed by atoms with Crippen molar-refractivity contribution in [1.82, 2.24) is 20.1 Å². The van der Waals surface area contributed by atoms with E-state index in [4.69, 9.17) is 10.5 Å². The maximum absolute atomic E-state index is 12.6. The number of nitrogens with two attached hydrogens (primary N) is 1. The number of imide groups is 1. The van der Waals surface area contributed by atoms with Gasteiger partial charge in [0, 0.05) is 11.7 Å². The largest absolute Gasteiger partial charge is 0.449 e. The first kappa shape index (κ1) is 19.4. The number of pyridine rings is 1. The van der Waals surface area contributed by atoms with Gasteiger partial charge in [-0.15, -0.1) is 0 Å². The van der Waals surface area contributed by atoms with Crippen LogP contribution in [0.4, 0.5) is 4.79 Å². The quantitative estimate of drug-likeness (QED) is 0.782. The molecule has 2 rings (SSSR count). The molecule has 0 unspecified atom stereocenters. The lowest BCUT2D eigenvalue weighted by atomic mass is 10.1. The van der Waals surface area contributed by atoms with E-state index in [9.17, 15) is 14.4 Å². The summed E-state index contributed by atoms with van der Waals surface area (Å²) in [6.07, 6.45) is 0.373. The summed E-state index contributed by atoms with van der Waals surface area (Å²) in [5.74, 6) is -1.41. The molecule has 0 saturated heterocycles. The lowest BCUT2D eigenvalue weighted by molar-refractivity contribution is -0.127. The van der Waals surface area contributed by atoms with Crippen molar-refractivity contribution in [2.24, 2.45) is 5.73 Å². The molecule has 9 nitrogen and oxygen atoms in total. The number of aromatic nitrogens is 3. The monoisotopic (exact) mass is 361 g/mol. The van der Waals surface area contributed by atoms with Crippen LogP contribution >= 0.6 is 0 Å². The third kappa shape index (κ3) is 3.98. The molecule has 0 aliphatic heterocycles. The molecule has 3 N–H and O–H groups in total. The number of urea groups is 1. The third-order valence-corrected chi connectivity index (χ3v) is 3.79. The molecule has 0 aromatic carbocycles. The molecule has 3 amide bonds. The molecule has 1 atom stereocenters. The molecule has 0 radical (unpaired) electrons. The molecule has 2 aromatic heterocycles. The Bertz CT molecular complexity index is 856. The standard InChI is InChI=1S/C17H23N5O4/c1-8(2)13-6-11(12-7-19-22(9(3)4)14(12)20-13)16(24)26-10(5)15(23)21-17(18)25/h6-10H,1-5H3,(H3,18,21,23,25)/t10-/m1/s1. The zero-order valence-corrected chi connectivity index (χ0v) is 15.4. The van der Waals surface area contributed by atoms with Crippen molar-refractivity contribution in [2.75, 3.05) is 0 Å². The summed E-state index contributed by atoms with van der Waals surface area (Å²) in [5, 5.41) is 6.71. The van der Waals surface area contributed by atoms with E-state index in [1.807, 2.05) is 33.0 Å². The summed E-state index contributed by atoms with van der Waals surface area (Å²) in [7, 11) is 0. The average molecular weight is 361 g/mol. The Morgan fingerprint density at radius 3 is 2.38 bits per heavy atom. The molecule has 0 aliphatic carbocycles. The molecule has 0 aliphatic rings. The van der Waals surface area contributed by atoms with Crippen molar-refractivity contribution in [3.63, 3.8) is 0 Å². The minimum absolute atomic E-state index is 0.0616. The molecule has 0 fully saturated rings. The van der Waals surface area contributed by atoms with Gasteiger partial charge in [0.1, 0.15) is 0 Å². The normalized spacial score (nSPS) is 12.4. The first-order chi connectivity index (χ1) is 12.1. The predicted octanol–water partition coefficient (Wildman–Crippen LogP) is 1.88. The van der Waals surface area contributed by atoms with Crippen LogP contribution in [0.2, 0.25) is 0 Å². The number of amides is 3. The van der Waals surface area contributed by atoms with Gasteiger partial charge in [-0.3, -0.25) is 10.1 Å². The predicted molar refractivity (Wildman–Crippen MR) is 94.6 cm³/mol. The van der Waals surface area contributed by atoms with E-state index in [2.05, 4.69) is 10.1 Å². The van der Waals surface area contributed by atoms with Crippen LogP contribution in [0, 0.1) is 0 Å². The Labute approximate surface area is 150 Å². The summed E-state index contributed by atoms with van der Waals surface area (Å²) in [4.78, 5) is 39.7. The minimum atomic E-state index is -1.18. The van der Waals surface area contributed by atoms with Crippen molar-refractivity contribution in [3.8, 4) is 0 Å².